The first-order valence-corrected chi connectivity index (χ1v) is 7.39. The molecule has 21 heavy (non-hydrogen) atoms. The highest BCUT2D eigenvalue weighted by molar-refractivity contribution is 6.34. The van der Waals surface area contributed by atoms with Gasteiger partial charge in [-0.2, -0.15) is 5.10 Å². The van der Waals surface area contributed by atoms with Crippen molar-refractivity contribution in [1.29, 1.82) is 0 Å². The van der Waals surface area contributed by atoms with Crippen molar-refractivity contribution < 1.29 is 14.7 Å². The van der Waals surface area contributed by atoms with E-state index < -0.39 is 17.4 Å². The number of halogens is 1. The number of aliphatic carboxylic acids is 1. The van der Waals surface area contributed by atoms with E-state index in [0.29, 0.717) is 18.5 Å². The number of carbonyl (C=O) groups excluding carboxylic acids is 1. The van der Waals surface area contributed by atoms with Gasteiger partial charge in [0.2, 0.25) is 0 Å². The van der Waals surface area contributed by atoms with E-state index >= 15 is 0 Å². The Morgan fingerprint density at radius 2 is 1.90 bits per heavy atom. The van der Waals surface area contributed by atoms with Gasteiger partial charge in [-0.05, 0) is 19.8 Å². The summed E-state index contributed by atoms with van der Waals surface area (Å²) in [6, 6.07) is 0. The minimum absolute atomic E-state index is 0.116. The van der Waals surface area contributed by atoms with E-state index in [2.05, 4.69) is 5.10 Å². The Balaban J connectivity index is 2.36. The van der Waals surface area contributed by atoms with E-state index in [1.54, 1.807) is 14.0 Å². The molecule has 6 nitrogen and oxygen atoms in total. The number of rotatable bonds is 3. The van der Waals surface area contributed by atoms with Crippen molar-refractivity contribution >= 4 is 23.5 Å². The second-order valence-electron chi connectivity index (χ2n) is 5.63. The zero-order chi connectivity index (χ0) is 15.8. The Hall–Kier alpha value is -1.56. The van der Waals surface area contributed by atoms with Crippen LogP contribution in [0.2, 0.25) is 5.02 Å². The van der Waals surface area contributed by atoms with E-state index in [1.165, 1.54) is 16.6 Å². The van der Waals surface area contributed by atoms with Crippen LogP contribution in [0.1, 0.15) is 48.3 Å². The van der Waals surface area contributed by atoms with Crippen LogP contribution in [0.5, 0.6) is 0 Å². The monoisotopic (exact) mass is 313 g/mol. The molecule has 1 heterocycles. The molecule has 0 aromatic carbocycles. The number of amides is 1. The van der Waals surface area contributed by atoms with Crippen LogP contribution < -0.4 is 0 Å². The first kappa shape index (κ1) is 15.8. The number of carboxylic acids is 1. The largest absolute Gasteiger partial charge is 0.479 e. The summed E-state index contributed by atoms with van der Waals surface area (Å²) in [6.07, 6.45) is 3.54. The normalized spacial score (nSPS) is 17.5. The molecule has 0 bridgehead atoms. The second kappa shape index (κ2) is 5.67. The minimum Gasteiger partial charge on any atom is -0.479 e. The van der Waals surface area contributed by atoms with Crippen molar-refractivity contribution in [2.24, 2.45) is 7.05 Å². The van der Waals surface area contributed by atoms with E-state index in [9.17, 15) is 14.7 Å². The number of hydrogen-bond acceptors (Lipinski definition) is 3. The molecular formula is C14H20ClN3O3. The van der Waals surface area contributed by atoms with E-state index in [-0.39, 0.29) is 10.7 Å². The van der Waals surface area contributed by atoms with Crippen LogP contribution >= 0.6 is 11.6 Å². The SMILES string of the molecule is Cc1c(Cl)c(C(=O)N(C)C2(C(=O)O)CCCCC2)nn1C. The van der Waals surface area contributed by atoms with Crippen LogP contribution in [0, 0.1) is 6.92 Å². The van der Waals surface area contributed by atoms with Gasteiger partial charge in [-0.1, -0.05) is 30.9 Å². The third-order valence-corrected chi connectivity index (χ3v) is 4.94. The maximum absolute atomic E-state index is 12.6. The number of nitrogens with zero attached hydrogens (tertiary/aromatic N) is 3. The molecule has 0 radical (unpaired) electrons. The van der Waals surface area contributed by atoms with E-state index in [0.717, 1.165) is 19.3 Å². The first-order chi connectivity index (χ1) is 9.81. The maximum atomic E-state index is 12.6. The molecule has 1 N–H and O–H groups in total. The molecule has 1 aromatic heterocycles. The van der Waals surface area contributed by atoms with Crippen molar-refractivity contribution in [2.75, 3.05) is 7.05 Å². The Morgan fingerprint density at radius 3 is 2.33 bits per heavy atom. The zero-order valence-electron chi connectivity index (χ0n) is 12.5. The van der Waals surface area contributed by atoms with Crippen LogP contribution in [0.4, 0.5) is 0 Å². The molecular weight excluding hydrogens is 294 g/mol. The number of carboxylic acid groups (broad SMARTS) is 1. The van der Waals surface area contributed by atoms with E-state index in [1.807, 2.05) is 0 Å². The maximum Gasteiger partial charge on any atom is 0.329 e. The lowest BCUT2D eigenvalue weighted by Gasteiger charge is -2.40. The van der Waals surface area contributed by atoms with Gasteiger partial charge >= 0.3 is 5.97 Å². The molecule has 1 saturated carbocycles. The predicted molar refractivity (Wildman–Crippen MR) is 78.5 cm³/mol. The van der Waals surface area contributed by atoms with Gasteiger partial charge in [-0.25, -0.2) is 4.79 Å². The van der Waals surface area contributed by atoms with Gasteiger partial charge in [0.15, 0.2) is 5.69 Å². The van der Waals surface area contributed by atoms with Gasteiger partial charge in [-0.15, -0.1) is 0 Å². The van der Waals surface area contributed by atoms with Crippen molar-refractivity contribution in [1.82, 2.24) is 14.7 Å². The fraction of sp³-hybridized carbons (Fsp3) is 0.643. The van der Waals surface area contributed by atoms with Crippen LogP contribution in [-0.4, -0.2) is 44.3 Å². The molecule has 1 amide bonds. The number of aryl methyl sites for hydroxylation is 1. The highest BCUT2D eigenvalue weighted by Crippen LogP contribution is 2.35. The lowest BCUT2D eigenvalue weighted by Crippen LogP contribution is -2.56. The van der Waals surface area contributed by atoms with Crippen LogP contribution in [0.25, 0.3) is 0 Å². The topological polar surface area (TPSA) is 75.4 Å². The third kappa shape index (κ3) is 2.52. The van der Waals surface area contributed by atoms with E-state index in [4.69, 9.17) is 11.6 Å². The molecule has 0 spiro atoms. The molecule has 1 aliphatic rings. The summed E-state index contributed by atoms with van der Waals surface area (Å²) in [4.78, 5) is 25.7. The lowest BCUT2D eigenvalue weighted by molar-refractivity contribution is -0.151. The van der Waals surface area contributed by atoms with Crippen molar-refractivity contribution in [3.63, 3.8) is 0 Å². The van der Waals surface area contributed by atoms with Gasteiger partial charge in [0.1, 0.15) is 5.54 Å². The van der Waals surface area contributed by atoms with Gasteiger partial charge in [-0.3, -0.25) is 9.48 Å². The molecule has 1 aromatic rings. The summed E-state index contributed by atoms with van der Waals surface area (Å²) in [6.45, 7) is 1.76. The van der Waals surface area contributed by atoms with Crippen molar-refractivity contribution in [3.8, 4) is 0 Å². The molecule has 0 aliphatic heterocycles. The molecule has 2 rings (SSSR count). The first-order valence-electron chi connectivity index (χ1n) is 7.02. The molecule has 1 fully saturated rings. The fourth-order valence-corrected chi connectivity index (χ4v) is 3.14. The summed E-state index contributed by atoms with van der Waals surface area (Å²) in [7, 11) is 3.23. The van der Waals surface area contributed by atoms with Crippen LogP contribution in [-0.2, 0) is 11.8 Å². The Labute approximate surface area is 128 Å². The Morgan fingerprint density at radius 1 is 1.33 bits per heavy atom. The van der Waals surface area contributed by atoms with Gasteiger partial charge in [0, 0.05) is 14.1 Å². The van der Waals surface area contributed by atoms with Crippen LogP contribution in [0.15, 0.2) is 0 Å². The molecule has 0 saturated heterocycles. The van der Waals surface area contributed by atoms with Gasteiger partial charge < -0.3 is 10.0 Å². The summed E-state index contributed by atoms with van der Waals surface area (Å²) >= 11 is 6.14. The average molecular weight is 314 g/mol. The summed E-state index contributed by atoms with van der Waals surface area (Å²) in [5.74, 6) is -1.39. The Bertz CT molecular complexity index is 576. The summed E-state index contributed by atoms with van der Waals surface area (Å²) < 4.78 is 1.53. The lowest BCUT2D eigenvalue weighted by atomic mass is 9.80. The zero-order valence-corrected chi connectivity index (χ0v) is 13.3. The quantitative estimate of drug-likeness (QED) is 0.928. The standard InChI is InChI=1S/C14H20ClN3O3/c1-9-10(15)11(16-18(9)3)12(19)17(2)14(13(20)21)7-5-4-6-8-14/h4-8H2,1-3H3,(H,20,21). The highest BCUT2D eigenvalue weighted by Gasteiger charge is 2.46. The summed E-state index contributed by atoms with van der Waals surface area (Å²) in [5, 5.41) is 14.0. The van der Waals surface area contributed by atoms with Crippen LogP contribution in [0.3, 0.4) is 0 Å². The second-order valence-corrected chi connectivity index (χ2v) is 6.01. The molecule has 7 heteroatoms. The van der Waals surface area contributed by atoms with Crippen molar-refractivity contribution in [2.45, 2.75) is 44.6 Å². The number of aromatic nitrogens is 2. The summed E-state index contributed by atoms with van der Waals surface area (Å²) in [5.41, 5.74) is -0.351. The highest BCUT2D eigenvalue weighted by atomic mass is 35.5. The van der Waals surface area contributed by atoms with Gasteiger partial charge in [0.25, 0.3) is 5.91 Å². The minimum atomic E-state index is -1.15. The molecule has 116 valence electrons. The average Bonchev–Trinajstić information content (AvgIpc) is 2.74. The Kier molecular flexibility index (Phi) is 4.27. The number of carbonyl (C=O) groups is 2. The van der Waals surface area contributed by atoms with Crippen molar-refractivity contribution in [3.05, 3.63) is 16.4 Å². The fourth-order valence-electron chi connectivity index (χ4n) is 2.90. The molecule has 1 aliphatic carbocycles. The molecule has 0 atom stereocenters. The molecule has 0 unspecified atom stereocenters. The third-order valence-electron chi connectivity index (χ3n) is 4.49. The number of likely N-dealkylation sites (N-methyl/N-ethyl adjacent to an activating group) is 1. The predicted octanol–water partition coefficient (Wildman–Crippen LogP) is 2.24. The smallest absolute Gasteiger partial charge is 0.329 e. The number of hydrogen-bond donors (Lipinski definition) is 1. The van der Waals surface area contributed by atoms with Gasteiger partial charge in [0.05, 0.1) is 10.7 Å².